The zero-order valence-corrected chi connectivity index (χ0v) is 11.8. The van der Waals surface area contributed by atoms with Crippen molar-refractivity contribution in [3.63, 3.8) is 0 Å². The Labute approximate surface area is 120 Å². The average molecular weight is 267 g/mol. The van der Waals surface area contributed by atoms with E-state index in [0.717, 1.165) is 12.3 Å². The third-order valence-corrected chi connectivity index (χ3v) is 4.49. The van der Waals surface area contributed by atoms with Gasteiger partial charge in [-0.25, -0.2) is 4.68 Å². The van der Waals surface area contributed by atoms with Gasteiger partial charge in [0.15, 0.2) is 0 Å². The summed E-state index contributed by atoms with van der Waals surface area (Å²) in [5, 5.41) is 8.05. The van der Waals surface area contributed by atoms with Gasteiger partial charge in [-0.3, -0.25) is 0 Å². The van der Waals surface area contributed by atoms with Gasteiger partial charge >= 0.3 is 0 Å². The van der Waals surface area contributed by atoms with E-state index in [1.165, 1.54) is 49.2 Å². The fourth-order valence-corrected chi connectivity index (χ4v) is 3.21. The van der Waals surface area contributed by atoms with Gasteiger partial charge in [-0.2, -0.15) is 5.10 Å². The van der Waals surface area contributed by atoms with Gasteiger partial charge in [-0.1, -0.05) is 12.1 Å². The smallest absolute Gasteiger partial charge is 0.0649 e. The number of aromatic nitrogens is 2. The third-order valence-electron chi connectivity index (χ3n) is 4.49. The molecule has 2 aliphatic rings. The molecule has 3 nitrogen and oxygen atoms in total. The minimum absolute atomic E-state index is 0.674. The van der Waals surface area contributed by atoms with Gasteiger partial charge in [0.1, 0.15) is 0 Å². The van der Waals surface area contributed by atoms with Crippen LogP contribution in [0.5, 0.6) is 0 Å². The molecule has 0 amide bonds. The molecule has 1 aromatic carbocycles. The molecule has 1 aliphatic carbocycles. The summed E-state index contributed by atoms with van der Waals surface area (Å²) in [6.45, 7) is 1.18. The summed E-state index contributed by atoms with van der Waals surface area (Å²) in [5.41, 5.74) is 3.99. The van der Waals surface area contributed by atoms with E-state index >= 15 is 0 Å². The van der Waals surface area contributed by atoms with Crippen LogP contribution in [0.4, 0.5) is 0 Å². The molecule has 0 spiro atoms. The predicted molar refractivity (Wildman–Crippen MR) is 80.3 cm³/mol. The molecule has 1 aromatic heterocycles. The van der Waals surface area contributed by atoms with Crippen molar-refractivity contribution < 1.29 is 0 Å². The molecule has 2 heterocycles. The summed E-state index contributed by atoms with van der Waals surface area (Å²) >= 11 is 0. The van der Waals surface area contributed by atoms with E-state index in [0.29, 0.717) is 6.04 Å². The fourth-order valence-electron chi connectivity index (χ4n) is 3.21. The van der Waals surface area contributed by atoms with Crippen LogP contribution in [-0.2, 0) is 6.42 Å². The number of nitrogens with one attached hydrogen (secondary N) is 1. The Bertz CT molecular complexity index is 575. The molecule has 2 fully saturated rings. The van der Waals surface area contributed by atoms with Gasteiger partial charge in [0.05, 0.1) is 5.69 Å². The zero-order valence-electron chi connectivity index (χ0n) is 11.8. The number of hydrogen-bond donors (Lipinski definition) is 1. The molecule has 1 aliphatic heterocycles. The molecule has 20 heavy (non-hydrogen) atoms. The lowest BCUT2D eigenvalue weighted by Gasteiger charge is -2.11. The van der Waals surface area contributed by atoms with Gasteiger partial charge in [-0.15, -0.1) is 0 Å². The molecule has 1 N–H and O–H groups in total. The molecule has 4 rings (SSSR count). The Balaban J connectivity index is 1.52. The largest absolute Gasteiger partial charge is 0.314 e. The zero-order chi connectivity index (χ0) is 13.4. The van der Waals surface area contributed by atoms with Crippen LogP contribution in [0.3, 0.4) is 0 Å². The Morgan fingerprint density at radius 2 is 1.95 bits per heavy atom. The molecule has 1 saturated heterocycles. The lowest BCUT2D eigenvalue weighted by molar-refractivity contribution is 0.603. The highest BCUT2D eigenvalue weighted by Crippen LogP contribution is 2.40. The summed E-state index contributed by atoms with van der Waals surface area (Å²) in [7, 11) is 0. The van der Waals surface area contributed by atoms with Crippen molar-refractivity contribution in [1.29, 1.82) is 0 Å². The van der Waals surface area contributed by atoms with Crippen molar-refractivity contribution in [2.24, 2.45) is 0 Å². The van der Waals surface area contributed by atoms with Crippen LogP contribution in [-0.4, -0.2) is 22.4 Å². The monoisotopic (exact) mass is 267 g/mol. The second-order valence-electron chi connectivity index (χ2n) is 6.11. The van der Waals surface area contributed by atoms with Crippen molar-refractivity contribution in [2.75, 3.05) is 6.54 Å². The summed E-state index contributed by atoms with van der Waals surface area (Å²) in [4.78, 5) is 0. The Morgan fingerprint density at radius 3 is 2.65 bits per heavy atom. The highest BCUT2D eigenvalue weighted by molar-refractivity contribution is 5.37. The lowest BCUT2D eigenvalue weighted by Crippen LogP contribution is -2.23. The summed E-state index contributed by atoms with van der Waals surface area (Å²) in [6.07, 6.45) is 8.33. The highest BCUT2D eigenvalue weighted by Gasteiger charge is 2.27. The first-order valence-electron chi connectivity index (χ1n) is 7.77. The van der Waals surface area contributed by atoms with E-state index in [1.54, 1.807) is 0 Å². The topological polar surface area (TPSA) is 29.9 Å². The first-order chi connectivity index (χ1) is 9.90. The molecule has 3 heteroatoms. The van der Waals surface area contributed by atoms with Crippen LogP contribution in [0, 0.1) is 0 Å². The third kappa shape index (κ3) is 2.38. The lowest BCUT2D eigenvalue weighted by atomic mass is 10.0. The van der Waals surface area contributed by atoms with Crippen molar-refractivity contribution >= 4 is 0 Å². The van der Waals surface area contributed by atoms with Crippen molar-refractivity contribution in [3.8, 4) is 5.69 Å². The molecule has 1 saturated carbocycles. The van der Waals surface area contributed by atoms with Crippen LogP contribution in [0.25, 0.3) is 5.69 Å². The molecule has 2 aromatic rings. The van der Waals surface area contributed by atoms with Crippen molar-refractivity contribution in [2.45, 2.75) is 44.1 Å². The number of nitrogens with zero attached hydrogens (tertiary/aromatic N) is 2. The second kappa shape index (κ2) is 5.06. The van der Waals surface area contributed by atoms with Gasteiger partial charge in [0, 0.05) is 23.9 Å². The fraction of sp³-hybridized carbons (Fsp3) is 0.471. The van der Waals surface area contributed by atoms with E-state index < -0.39 is 0 Å². The first-order valence-corrected chi connectivity index (χ1v) is 7.77. The Kier molecular flexibility index (Phi) is 3.07. The van der Waals surface area contributed by atoms with E-state index in [-0.39, 0.29) is 0 Å². The first kappa shape index (κ1) is 12.2. The maximum absolute atomic E-state index is 4.48. The van der Waals surface area contributed by atoms with E-state index in [9.17, 15) is 0 Å². The predicted octanol–water partition coefficient (Wildman–Crippen LogP) is 3.04. The normalized spacial score (nSPS) is 22.3. The standard InChI is InChI=1S/C17H21N3/c1-2-15(18-10-1)12-13-3-7-16(8-4-13)20-17(9-11-19-20)14-5-6-14/h3-4,7-9,11,14-15,18H,1-2,5-6,10,12H2. The highest BCUT2D eigenvalue weighted by atomic mass is 15.3. The van der Waals surface area contributed by atoms with Crippen molar-refractivity contribution in [3.05, 3.63) is 47.8 Å². The van der Waals surface area contributed by atoms with Crippen LogP contribution in [0.1, 0.15) is 42.9 Å². The number of hydrogen-bond acceptors (Lipinski definition) is 2. The molecule has 1 unspecified atom stereocenters. The maximum Gasteiger partial charge on any atom is 0.0649 e. The summed E-state index contributed by atoms with van der Waals surface area (Å²) < 4.78 is 2.11. The van der Waals surface area contributed by atoms with Crippen LogP contribution in [0.15, 0.2) is 36.5 Å². The Morgan fingerprint density at radius 1 is 1.10 bits per heavy atom. The minimum atomic E-state index is 0.674. The van der Waals surface area contributed by atoms with Crippen molar-refractivity contribution in [1.82, 2.24) is 15.1 Å². The molecular weight excluding hydrogens is 246 g/mol. The molecule has 0 bridgehead atoms. The van der Waals surface area contributed by atoms with E-state index in [4.69, 9.17) is 0 Å². The quantitative estimate of drug-likeness (QED) is 0.922. The molecule has 104 valence electrons. The van der Waals surface area contributed by atoms with Gasteiger partial charge in [-0.05, 0) is 62.4 Å². The number of rotatable bonds is 4. The van der Waals surface area contributed by atoms with Crippen LogP contribution >= 0.6 is 0 Å². The maximum atomic E-state index is 4.48. The Hall–Kier alpha value is -1.61. The van der Waals surface area contributed by atoms with Crippen LogP contribution < -0.4 is 5.32 Å². The van der Waals surface area contributed by atoms with Gasteiger partial charge in [0.2, 0.25) is 0 Å². The second-order valence-corrected chi connectivity index (χ2v) is 6.11. The van der Waals surface area contributed by atoms with E-state index in [1.807, 2.05) is 6.20 Å². The number of benzene rings is 1. The van der Waals surface area contributed by atoms with Crippen LogP contribution in [0.2, 0.25) is 0 Å². The van der Waals surface area contributed by atoms with Gasteiger partial charge in [0.25, 0.3) is 0 Å². The molecular formula is C17H21N3. The summed E-state index contributed by atoms with van der Waals surface area (Å²) in [6, 6.07) is 11.8. The van der Waals surface area contributed by atoms with Gasteiger partial charge < -0.3 is 5.32 Å². The minimum Gasteiger partial charge on any atom is -0.314 e. The molecule has 0 radical (unpaired) electrons. The molecule has 1 atom stereocenters. The van der Waals surface area contributed by atoms with E-state index in [2.05, 4.69) is 45.4 Å². The SMILES string of the molecule is c1cc(C2CC2)n(-c2ccc(CC3CCCN3)cc2)n1. The average Bonchev–Trinajstić information content (AvgIpc) is 3.00. The summed E-state index contributed by atoms with van der Waals surface area (Å²) in [5.74, 6) is 0.736.